The maximum absolute atomic E-state index is 12.4. The molecule has 1 heterocycles. The lowest BCUT2D eigenvalue weighted by molar-refractivity contribution is 0.305. The van der Waals surface area contributed by atoms with Crippen LogP contribution in [0, 0.1) is 17.2 Å². The quantitative estimate of drug-likeness (QED) is 0.837. The number of rotatable bonds is 2. The maximum atomic E-state index is 12.4. The normalized spacial score (nSPS) is 21.4. The number of nitrogens with zero attached hydrogens (tertiary/aromatic N) is 2. The lowest BCUT2D eigenvalue weighted by Crippen LogP contribution is -2.39. The summed E-state index contributed by atoms with van der Waals surface area (Å²) in [7, 11) is -3.46. The van der Waals surface area contributed by atoms with Crippen LogP contribution in [-0.4, -0.2) is 25.8 Å². The second-order valence-corrected chi connectivity index (χ2v) is 7.14. The summed E-state index contributed by atoms with van der Waals surface area (Å²) in [6, 6.07) is 8.72. The third-order valence-electron chi connectivity index (χ3n) is 3.02. The minimum atomic E-state index is -3.46. The van der Waals surface area contributed by atoms with Crippen LogP contribution in [0.3, 0.4) is 0 Å². The molecule has 1 aliphatic heterocycles. The molecule has 1 fully saturated rings. The Kier molecular flexibility index (Phi) is 4.05. The van der Waals surface area contributed by atoms with Crippen molar-refractivity contribution in [1.82, 2.24) is 4.31 Å². The number of sulfonamides is 1. The standard InChI is InChI=1S/C12H13BrN2O2S/c13-11-3-5-12(6-4-11)18(16,17)15-7-1-2-10(8-14)9-15/h3-6,10H,1-2,7,9H2. The van der Waals surface area contributed by atoms with Crippen molar-refractivity contribution in [2.45, 2.75) is 17.7 Å². The topological polar surface area (TPSA) is 61.2 Å². The van der Waals surface area contributed by atoms with E-state index in [1.54, 1.807) is 24.3 Å². The maximum Gasteiger partial charge on any atom is 0.243 e. The molecule has 0 bridgehead atoms. The summed E-state index contributed by atoms with van der Waals surface area (Å²) in [6.45, 7) is 0.797. The predicted molar refractivity (Wildman–Crippen MR) is 71.2 cm³/mol. The molecule has 96 valence electrons. The highest BCUT2D eigenvalue weighted by molar-refractivity contribution is 9.10. The van der Waals surface area contributed by atoms with Gasteiger partial charge in [-0.15, -0.1) is 0 Å². The van der Waals surface area contributed by atoms with Gasteiger partial charge in [-0.25, -0.2) is 8.42 Å². The Hall–Kier alpha value is -0.900. The molecule has 1 unspecified atom stereocenters. The molecule has 6 heteroatoms. The summed E-state index contributed by atoms with van der Waals surface area (Å²) in [6.07, 6.45) is 1.52. The van der Waals surface area contributed by atoms with Gasteiger partial charge in [0.15, 0.2) is 0 Å². The second-order valence-electron chi connectivity index (χ2n) is 4.29. The van der Waals surface area contributed by atoms with Crippen molar-refractivity contribution in [3.8, 4) is 6.07 Å². The summed E-state index contributed by atoms with van der Waals surface area (Å²) in [4.78, 5) is 0.282. The van der Waals surface area contributed by atoms with Crippen LogP contribution in [0.5, 0.6) is 0 Å². The SMILES string of the molecule is N#CC1CCCN(S(=O)(=O)c2ccc(Br)cc2)C1. The molecule has 1 saturated heterocycles. The average molecular weight is 329 g/mol. The molecular formula is C12H13BrN2O2S. The fraction of sp³-hybridized carbons (Fsp3) is 0.417. The van der Waals surface area contributed by atoms with Gasteiger partial charge in [0.1, 0.15) is 0 Å². The Bertz CT molecular complexity index is 563. The molecule has 0 N–H and O–H groups in total. The molecule has 0 aliphatic carbocycles. The van der Waals surface area contributed by atoms with Crippen LogP contribution in [0.25, 0.3) is 0 Å². The fourth-order valence-corrected chi connectivity index (χ4v) is 3.81. The van der Waals surface area contributed by atoms with Crippen LogP contribution < -0.4 is 0 Å². The summed E-state index contributed by atoms with van der Waals surface area (Å²) < 4.78 is 27.0. The van der Waals surface area contributed by atoms with Gasteiger partial charge in [-0.1, -0.05) is 15.9 Å². The molecule has 0 saturated carbocycles. The van der Waals surface area contributed by atoms with Gasteiger partial charge in [0.25, 0.3) is 0 Å². The van der Waals surface area contributed by atoms with Gasteiger partial charge < -0.3 is 0 Å². The van der Waals surface area contributed by atoms with E-state index in [4.69, 9.17) is 5.26 Å². The summed E-state index contributed by atoms with van der Waals surface area (Å²) in [5.74, 6) is -0.191. The molecule has 1 aliphatic rings. The van der Waals surface area contributed by atoms with Crippen molar-refractivity contribution in [2.75, 3.05) is 13.1 Å². The van der Waals surface area contributed by atoms with Crippen molar-refractivity contribution < 1.29 is 8.42 Å². The Morgan fingerprint density at radius 3 is 2.61 bits per heavy atom. The number of hydrogen-bond donors (Lipinski definition) is 0. The Morgan fingerprint density at radius 1 is 1.33 bits per heavy atom. The van der Waals surface area contributed by atoms with Crippen molar-refractivity contribution in [3.05, 3.63) is 28.7 Å². The zero-order valence-corrected chi connectivity index (χ0v) is 12.1. The van der Waals surface area contributed by atoms with E-state index in [2.05, 4.69) is 22.0 Å². The molecule has 18 heavy (non-hydrogen) atoms. The van der Waals surface area contributed by atoms with E-state index in [1.807, 2.05) is 0 Å². The van der Waals surface area contributed by atoms with Gasteiger partial charge in [0.2, 0.25) is 10.0 Å². The molecule has 0 amide bonds. The lowest BCUT2D eigenvalue weighted by Gasteiger charge is -2.28. The van der Waals surface area contributed by atoms with E-state index < -0.39 is 10.0 Å². The minimum Gasteiger partial charge on any atom is -0.207 e. The Morgan fingerprint density at radius 2 is 2.00 bits per heavy atom. The first kappa shape index (κ1) is 13.5. The average Bonchev–Trinajstić information content (AvgIpc) is 2.39. The zero-order valence-electron chi connectivity index (χ0n) is 9.71. The molecule has 0 spiro atoms. The van der Waals surface area contributed by atoms with Crippen molar-refractivity contribution in [2.24, 2.45) is 5.92 Å². The van der Waals surface area contributed by atoms with Gasteiger partial charge >= 0.3 is 0 Å². The van der Waals surface area contributed by atoms with Crippen LogP contribution in [-0.2, 0) is 10.0 Å². The van der Waals surface area contributed by atoms with Gasteiger partial charge in [-0.2, -0.15) is 9.57 Å². The van der Waals surface area contributed by atoms with Crippen LogP contribution in [0.4, 0.5) is 0 Å². The van der Waals surface area contributed by atoms with Gasteiger partial charge in [0, 0.05) is 17.6 Å². The van der Waals surface area contributed by atoms with E-state index in [0.717, 1.165) is 17.3 Å². The lowest BCUT2D eigenvalue weighted by atomic mass is 10.0. The van der Waals surface area contributed by atoms with E-state index in [-0.39, 0.29) is 10.8 Å². The highest BCUT2D eigenvalue weighted by Gasteiger charge is 2.29. The molecular weight excluding hydrogens is 316 g/mol. The summed E-state index contributed by atoms with van der Waals surface area (Å²) in [5, 5.41) is 8.90. The predicted octanol–water partition coefficient (Wildman–Crippen LogP) is 2.37. The first-order valence-electron chi connectivity index (χ1n) is 5.69. The highest BCUT2D eigenvalue weighted by atomic mass is 79.9. The van der Waals surface area contributed by atoms with Crippen molar-refractivity contribution in [3.63, 3.8) is 0 Å². The van der Waals surface area contributed by atoms with Crippen LogP contribution in [0.1, 0.15) is 12.8 Å². The summed E-state index contributed by atoms with van der Waals surface area (Å²) in [5.41, 5.74) is 0. The first-order valence-corrected chi connectivity index (χ1v) is 7.92. The van der Waals surface area contributed by atoms with E-state index in [1.165, 1.54) is 4.31 Å². The zero-order chi connectivity index (χ0) is 13.2. The number of halogens is 1. The molecule has 1 atom stereocenters. The number of hydrogen-bond acceptors (Lipinski definition) is 3. The van der Waals surface area contributed by atoms with E-state index >= 15 is 0 Å². The van der Waals surface area contributed by atoms with Gasteiger partial charge in [-0.05, 0) is 37.1 Å². The largest absolute Gasteiger partial charge is 0.243 e. The minimum absolute atomic E-state index is 0.191. The van der Waals surface area contributed by atoms with E-state index in [9.17, 15) is 8.42 Å². The number of piperidine rings is 1. The monoisotopic (exact) mass is 328 g/mol. The van der Waals surface area contributed by atoms with Gasteiger partial charge in [0.05, 0.1) is 16.9 Å². The van der Waals surface area contributed by atoms with E-state index in [0.29, 0.717) is 13.1 Å². The molecule has 2 rings (SSSR count). The Labute approximate surface area is 115 Å². The second kappa shape index (κ2) is 5.39. The van der Waals surface area contributed by atoms with Crippen LogP contribution >= 0.6 is 15.9 Å². The highest BCUT2D eigenvalue weighted by Crippen LogP contribution is 2.24. The fourth-order valence-electron chi connectivity index (χ4n) is 2.02. The molecule has 0 radical (unpaired) electrons. The molecule has 1 aromatic carbocycles. The molecule has 0 aromatic heterocycles. The third kappa shape index (κ3) is 2.74. The molecule has 4 nitrogen and oxygen atoms in total. The number of benzene rings is 1. The van der Waals surface area contributed by atoms with Crippen LogP contribution in [0.15, 0.2) is 33.6 Å². The van der Waals surface area contributed by atoms with Crippen molar-refractivity contribution in [1.29, 1.82) is 5.26 Å². The number of nitriles is 1. The van der Waals surface area contributed by atoms with Crippen molar-refractivity contribution >= 4 is 26.0 Å². The smallest absolute Gasteiger partial charge is 0.207 e. The Balaban J connectivity index is 2.26. The first-order chi connectivity index (χ1) is 8.54. The summed E-state index contributed by atoms with van der Waals surface area (Å²) >= 11 is 3.28. The van der Waals surface area contributed by atoms with Gasteiger partial charge in [-0.3, -0.25) is 0 Å². The molecule has 1 aromatic rings. The van der Waals surface area contributed by atoms with Crippen LogP contribution in [0.2, 0.25) is 0 Å². The third-order valence-corrected chi connectivity index (χ3v) is 5.43.